The van der Waals surface area contributed by atoms with Gasteiger partial charge in [0.15, 0.2) is 0 Å². The second-order valence-electron chi connectivity index (χ2n) is 2.93. The number of nitrogens with zero attached hydrogens (tertiary/aromatic N) is 2. The van der Waals surface area contributed by atoms with Crippen LogP contribution in [0.25, 0.3) is 11.3 Å². The van der Waals surface area contributed by atoms with Crippen LogP contribution in [0.15, 0.2) is 30.5 Å². The van der Waals surface area contributed by atoms with Crippen LogP contribution in [0.2, 0.25) is 0 Å². The predicted octanol–water partition coefficient (Wildman–Crippen LogP) is 1.26. The topological polar surface area (TPSA) is 67.9 Å². The fraction of sp³-hybridized carbons (Fsp3) is 0.100. The first-order valence-electron chi connectivity index (χ1n) is 4.36. The van der Waals surface area contributed by atoms with E-state index in [2.05, 4.69) is 20.1 Å². The monoisotopic (exact) mass is 203 g/mol. The van der Waals surface area contributed by atoms with E-state index >= 15 is 0 Å². The minimum absolute atomic E-state index is 0.346. The van der Waals surface area contributed by atoms with Gasteiger partial charge in [-0.05, 0) is 12.1 Å². The molecule has 1 heterocycles. The molecule has 0 aliphatic rings. The number of esters is 1. The number of carbonyl (C=O) groups is 1. The molecule has 0 amide bonds. The highest BCUT2D eigenvalue weighted by atomic mass is 16.5. The molecule has 76 valence electrons. The van der Waals surface area contributed by atoms with Crippen molar-refractivity contribution in [3.05, 3.63) is 36.0 Å². The van der Waals surface area contributed by atoms with Crippen molar-refractivity contribution < 1.29 is 9.53 Å². The Morgan fingerprint density at radius 2 is 2.07 bits per heavy atom. The van der Waals surface area contributed by atoms with Gasteiger partial charge in [0.05, 0.1) is 12.7 Å². The summed E-state index contributed by atoms with van der Waals surface area (Å²) in [7, 11) is 1.36. The average molecular weight is 203 g/mol. The molecular formula is C10H9N3O2. The normalized spacial score (nSPS) is 9.93. The molecule has 0 saturated carbocycles. The van der Waals surface area contributed by atoms with Crippen LogP contribution in [0.4, 0.5) is 0 Å². The SMILES string of the molecule is COC(=O)c1ccc(-c2c[nH]nn2)cc1. The minimum atomic E-state index is -0.346. The van der Waals surface area contributed by atoms with Gasteiger partial charge < -0.3 is 4.74 Å². The van der Waals surface area contributed by atoms with Crippen LogP contribution in [-0.2, 0) is 4.74 Å². The number of H-pyrrole nitrogens is 1. The molecule has 15 heavy (non-hydrogen) atoms. The van der Waals surface area contributed by atoms with Crippen LogP contribution in [0.5, 0.6) is 0 Å². The predicted molar refractivity (Wildman–Crippen MR) is 53.2 cm³/mol. The number of benzene rings is 1. The Labute approximate surface area is 86.1 Å². The number of hydrogen-bond acceptors (Lipinski definition) is 4. The number of nitrogens with one attached hydrogen (secondary N) is 1. The number of rotatable bonds is 2. The Morgan fingerprint density at radius 3 is 2.60 bits per heavy atom. The lowest BCUT2D eigenvalue weighted by molar-refractivity contribution is 0.0601. The highest BCUT2D eigenvalue weighted by Gasteiger charge is 2.05. The molecule has 1 aromatic carbocycles. The molecule has 0 aliphatic heterocycles. The van der Waals surface area contributed by atoms with Gasteiger partial charge in [-0.3, -0.25) is 5.10 Å². The summed E-state index contributed by atoms with van der Waals surface area (Å²) in [5.41, 5.74) is 2.16. The van der Waals surface area contributed by atoms with E-state index < -0.39 is 0 Å². The molecule has 0 fully saturated rings. The maximum atomic E-state index is 11.2. The molecule has 0 aliphatic carbocycles. The Morgan fingerprint density at radius 1 is 1.33 bits per heavy atom. The number of hydrogen-bond donors (Lipinski definition) is 1. The van der Waals surface area contributed by atoms with E-state index in [1.807, 2.05) is 0 Å². The summed E-state index contributed by atoms with van der Waals surface area (Å²) >= 11 is 0. The first-order valence-corrected chi connectivity index (χ1v) is 4.36. The first kappa shape index (κ1) is 9.39. The standard InChI is InChI=1S/C10H9N3O2/c1-15-10(14)8-4-2-7(3-5-8)9-6-11-13-12-9/h2-6H,1H3,(H,11,12,13). The molecule has 5 heteroatoms. The number of aromatic nitrogens is 3. The van der Waals surface area contributed by atoms with Gasteiger partial charge >= 0.3 is 5.97 Å². The first-order chi connectivity index (χ1) is 7.31. The number of aromatic amines is 1. The maximum Gasteiger partial charge on any atom is 0.337 e. The molecular weight excluding hydrogens is 194 g/mol. The second kappa shape index (κ2) is 3.91. The van der Waals surface area contributed by atoms with Crippen LogP contribution in [0, 0.1) is 0 Å². The highest BCUT2D eigenvalue weighted by molar-refractivity contribution is 5.89. The summed E-state index contributed by atoms with van der Waals surface area (Å²) in [6, 6.07) is 6.97. The smallest absolute Gasteiger partial charge is 0.337 e. The summed E-state index contributed by atoms with van der Waals surface area (Å²) in [6.45, 7) is 0. The maximum absolute atomic E-state index is 11.2. The summed E-state index contributed by atoms with van der Waals surface area (Å²) < 4.78 is 4.59. The lowest BCUT2D eigenvalue weighted by Gasteiger charge is -1.99. The molecule has 1 aromatic heterocycles. The van der Waals surface area contributed by atoms with Crippen LogP contribution in [0.1, 0.15) is 10.4 Å². The van der Waals surface area contributed by atoms with Gasteiger partial charge in [-0.15, -0.1) is 5.10 Å². The van der Waals surface area contributed by atoms with Crippen LogP contribution in [0.3, 0.4) is 0 Å². The number of methoxy groups -OCH3 is 1. The fourth-order valence-electron chi connectivity index (χ4n) is 1.24. The zero-order valence-corrected chi connectivity index (χ0v) is 8.10. The van der Waals surface area contributed by atoms with Gasteiger partial charge in [0, 0.05) is 11.8 Å². The number of ether oxygens (including phenoxy) is 1. The Hall–Kier alpha value is -2.17. The summed E-state index contributed by atoms with van der Waals surface area (Å²) in [5, 5.41) is 10.1. The van der Waals surface area contributed by atoms with Gasteiger partial charge in [-0.25, -0.2) is 4.79 Å². The molecule has 0 saturated heterocycles. The largest absolute Gasteiger partial charge is 0.465 e. The molecule has 2 rings (SSSR count). The zero-order valence-electron chi connectivity index (χ0n) is 8.10. The van der Waals surface area contributed by atoms with Crippen molar-refractivity contribution in [2.24, 2.45) is 0 Å². The summed E-state index contributed by atoms with van der Waals surface area (Å²) in [6.07, 6.45) is 1.69. The highest BCUT2D eigenvalue weighted by Crippen LogP contribution is 2.15. The lowest BCUT2D eigenvalue weighted by atomic mass is 10.1. The van der Waals surface area contributed by atoms with E-state index in [1.54, 1.807) is 30.5 Å². The van der Waals surface area contributed by atoms with E-state index in [9.17, 15) is 4.79 Å². The average Bonchev–Trinajstić information content (AvgIpc) is 2.82. The van der Waals surface area contributed by atoms with E-state index in [0.717, 1.165) is 11.3 Å². The quantitative estimate of drug-likeness (QED) is 0.746. The molecule has 0 bridgehead atoms. The molecule has 0 spiro atoms. The Bertz CT molecular complexity index is 448. The van der Waals surface area contributed by atoms with E-state index in [-0.39, 0.29) is 5.97 Å². The van der Waals surface area contributed by atoms with Crippen LogP contribution < -0.4 is 0 Å². The van der Waals surface area contributed by atoms with E-state index in [1.165, 1.54) is 7.11 Å². The summed E-state index contributed by atoms with van der Waals surface area (Å²) in [5.74, 6) is -0.346. The van der Waals surface area contributed by atoms with Crippen molar-refractivity contribution in [3.8, 4) is 11.3 Å². The van der Waals surface area contributed by atoms with E-state index in [4.69, 9.17) is 0 Å². The third-order valence-corrected chi connectivity index (χ3v) is 2.02. The molecule has 5 nitrogen and oxygen atoms in total. The van der Waals surface area contributed by atoms with Gasteiger partial charge in [-0.2, -0.15) is 0 Å². The minimum Gasteiger partial charge on any atom is -0.465 e. The molecule has 0 atom stereocenters. The molecule has 1 N–H and O–H groups in total. The van der Waals surface area contributed by atoms with Gasteiger partial charge in [0.1, 0.15) is 5.69 Å². The molecule has 2 aromatic rings. The molecule has 0 unspecified atom stereocenters. The van der Waals surface area contributed by atoms with E-state index in [0.29, 0.717) is 5.56 Å². The van der Waals surface area contributed by atoms with Gasteiger partial charge in [0.2, 0.25) is 0 Å². The molecule has 0 radical (unpaired) electrons. The van der Waals surface area contributed by atoms with Crippen molar-refractivity contribution in [1.29, 1.82) is 0 Å². The summed E-state index contributed by atoms with van der Waals surface area (Å²) in [4.78, 5) is 11.2. The van der Waals surface area contributed by atoms with Gasteiger partial charge in [0.25, 0.3) is 0 Å². The zero-order chi connectivity index (χ0) is 10.7. The van der Waals surface area contributed by atoms with Crippen molar-refractivity contribution in [2.45, 2.75) is 0 Å². The van der Waals surface area contributed by atoms with Crippen molar-refractivity contribution in [3.63, 3.8) is 0 Å². The Balaban J connectivity index is 2.29. The van der Waals surface area contributed by atoms with Crippen molar-refractivity contribution >= 4 is 5.97 Å². The van der Waals surface area contributed by atoms with Crippen molar-refractivity contribution in [2.75, 3.05) is 7.11 Å². The Kier molecular flexibility index (Phi) is 2.45. The second-order valence-corrected chi connectivity index (χ2v) is 2.93. The third kappa shape index (κ3) is 1.85. The van der Waals surface area contributed by atoms with Crippen LogP contribution >= 0.6 is 0 Å². The van der Waals surface area contributed by atoms with Gasteiger partial charge in [-0.1, -0.05) is 17.3 Å². The number of carbonyl (C=O) groups excluding carboxylic acids is 1. The lowest BCUT2D eigenvalue weighted by Crippen LogP contribution is -2.00. The fourth-order valence-corrected chi connectivity index (χ4v) is 1.24. The third-order valence-electron chi connectivity index (χ3n) is 2.02. The van der Waals surface area contributed by atoms with Crippen molar-refractivity contribution in [1.82, 2.24) is 15.4 Å². The van der Waals surface area contributed by atoms with Crippen LogP contribution in [-0.4, -0.2) is 28.5 Å².